The molecule has 106 valence electrons. The van der Waals surface area contributed by atoms with Gasteiger partial charge in [-0.2, -0.15) is 0 Å². The molecule has 3 heterocycles. The number of benzene rings is 2. The van der Waals surface area contributed by atoms with E-state index in [0.717, 1.165) is 11.0 Å². The van der Waals surface area contributed by atoms with Crippen LogP contribution in [0.1, 0.15) is 11.1 Å². The molecule has 0 N–H and O–H groups in total. The molecule has 0 atom stereocenters. The first kappa shape index (κ1) is 12.0. The van der Waals surface area contributed by atoms with Gasteiger partial charge in [-0.1, -0.05) is 30.3 Å². The van der Waals surface area contributed by atoms with E-state index in [4.69, 9.17) is 4.74 Å². The first-order chi connectivity index (χ1) is 10.9. The molecule has 4 aromatic rings. The van der Waals surface area contributed by atoms with Gasteiger partial charge < -0.3 is 9.30 Å². The zero-order valence-electron chi connectivity index (χ0n) is 12.0. The zero-order chi connectivity index (χ0) is 14.5. The second-order valence-corrected chi connectivity index (χ2v) is 5.63. The number of para-hydroxylation sites is 1. The van der Waals surface area contributed by atoms with E-state index in [9.17, 15) is 0 Å². The molecule has 0 fully saturated rings. The molecule has 0 amide bonds. The lowest BCUT2D eigenvalue weighted by Gasteiger charge is -2.11. The molecular formula is C19H14N2O. The highest BCUT2D eigenvalue weighted by atomic mass is 16.5. The van der Waals surface area contributed by atoms with E-state index < -0.39 is 0 Å². The third-order valence-electron chi connectivity index (χ3n) is 4.42. The van der Waals surface area contributed by atoms with Crippen molar-refractivity contribution in [1.82, 2.24) is 9.55 Å². The number of nitrogens with zero attached hydrogens (tertiary/aromatic N) is 2. The number of fused-ring (bicyclic) bond motifs is 4. The van der Waals surface area contributed by atoms with Crippen molar-refractivity contribution in [2.75, 3.05) is 0 Å². The Morgan fingerprint density at radius 2 is 1.77 bits per heavy atom. The number of rotatable bonds is 1. The van der Waals surface area contributed by atoms with Gasteiger partial charge in [0.1, 0.15) is 0 Å². The molecular weight excluding hydrogens is 272 g/mol. The molecule has 3 heteroatoms. The average molecular weight is 286 g/mol. The molecule has 0 aliphatic carbocycles. The van der Waals surface area contributed by atoms with Crippen molar-refractivity contribution < 1.29 is 4.74 Å². The van der Waals surface area contributed by atoms with E-state index in [1.807, 2.05) is 12.3 Å². The number of hydrogen-bond donors (Lipinski definition) is 0. The van der Waals surface area contributed by atoms with Crippen LogP contribution in [-0.2, 0) is 18.0 Å². The summed E-state index contributed by atoms with van der Waals surface area (Å²) in [6.07, 6.45) is 1.86. The predicted molar refractivity (Wildman–Crippen MR) is 87.1 cm³/mol. The first-order valence-corrected chi connectivity index (χ1v) is 7.46. The fourth-order valence-electron chi connectivity index (χ4n) is 3.44. The highest BCUT2D eigenvalue weighted by Crippen LogP contribution is 2.34. The number of hydrogen-bond acceptors (Lipinski definition) is 2. The van der Waals surface area contributed by atoms with Crippen molar-refractivity contribution in [2.45, 2.75) is 13.2 Å². The van der Waals surface area contributed by atoms with Crippen LogP contribution < -0.4 is 0 Å². The average Bonchev–Trinajstić information content (AvgIpc) is 3.17. The van der Waals surface area contributed by atoms with Crippen molar-refractivity contribution in [3.63, 3.8) is 0 Å². The molecule has 3 nitrogen and oxygen atoms in total. The number of aromatic nitrogens is 2. The van der Waals surface area contributed by atoms with E-state index in [0.29, 0.717) is 13.2 Å². The molecule has 1 aliphatic heterocycles. The quantitative estimate of drug-likeness (QED) is 0.524. The van der Waals surface area contributed by atoms with Crippen molar-refractivity contribution in [3.8, 4) is 5.69 Å². The third-order valence-corrected chi connectivity index (χ3v) is 4.42. The molecule has 0 unspecified atom stereocenters. The van der Waals surface area contributed by atoms with Gasteiger partial charge in [0, 0.05) is 17.1 Å². The molecule has 1 aliphatic rings. The summed E-state index contributed by atoms with van der Waals surface area (Å²) in [5.74, 6) is 0. The SMILES string of the molecule is c1cc2c(c(-n3c4ccccc4c4ncccc43)c1)COC2. The smallest absolute Gasteiger partial charge is 0.0963 e. The Kier molecular flexibility index (Phi) is 2.40. The van der Waals surface area contributed by atoms with Crippen LogP contribution in [0.5, 0.6) is 0 Å². The summed E-state index contributed by atoms with van der Waals surface area (Å²) < 4.78 is 7.96. The lowest BCUT2D eigenvalue weighted by molar-refractivity contribution is 0.134. The molecule has 5 rings (SSSR count). The summed E-state index contributed by atoms with van der Waals surface area (Å²) in [6, 6.07) is 19.0. The fourth-order valence-corrected chi connectivity index (χ4v) is 3.44. The van der Waals surface area contributed by atoms with E-state index in [1.54, 1.807) is 0 Å². The van der Waals surface area contributed by atoms with Crippen molar-refractivity contribution in [2.24, 2.45) is 0 Å². The van der Waals surface area contributed by atoms with Gasteiger partial charge in [0.2, 0.25) is 0 Å². The van der Waals surface area contributed by atoms with E-state index >= 15 is 0 Å². The van der Waals surface area contributed by atoms with Gasteiger partial charge in [0.05, 0.1) is 35.5 Å². The molecule has 0 bridgehead atoms. The van der Waals surface area contributed by atoms with Gasteiger partial charge in [0.25, 0.3) is 0 Å². The van der Waals surface area contributed by atoms with Gasteiger partial charge in [0.15, 0.2) is 0 Å². The van der Waals surface area contributed by atoms with Crippen LogP contribution in [0.2, 0.25) is 0 Å². The molecule has 0 spiro atoms. The highest BCUT2D eigenvalue weighted by Gasteiger charge is 2.19. The minimum Gasteiger partial charge on any atom is -0.372 e. The van der Waals surface area contributed by atoms with E-state index in [2.05, 4.69) is 58.1 Å². The largest absolute Gasteiger partial charge is 0.372 e. The monoisotopic (exact) mass is 286 g/mol. The summed E-state index contributed by atoms with van der Waals surface area (Å²) in [7, 11) is 0. The summed E-state index contributed by atoms with van der Waals surface area (Å²) in [6.45, 7) is 1.39. The predicted octanol–water partition coefficient (Wildman–Crippen LogP) is 4.21. The van der Waals surface area contributed by atoms with Crippen LogP contribution >= 0.6 is 0 Å². The molecule has 22 heavy (non-hydrogen) atoms. The third kappa shape index (κ3) is 1.51. The van der Waals surface area contributed by atoms with Gasteiger partial charge in [-0.05, 0) is 29.8 Å². The van der Waals surface area contributed by atoms with Crippen molar-refractivity contribution in [1.29, 1.82) is 0 Å². The summed E-state index contributed by atoms with van der Waals surface area (Å²) in [5.41, 5.74) is 7.16. The van der Waals surface area contributed by atoms with Gasteiger partial charge >= 0.3 is 0 Å². The maximum atomic E-state index is 5.65. The van der Waals surface area contributed by atoms with Crippen LogP contribution in [0.3, 0.4) is 0 Å². The number of ether oxygens (including phenoxy) is 1. The Morgan fingerprint density at radius 1 is 0.864 bits per heavy atom. The summed E-state index contributed by atoms with van der Waals surface area (Å²) in [4.78, 5) is 4.60. The maximum absolute atomic E-state index is 5.65. The lowest BCUT2D eigenvalue weighted by atomic mass is 10.1. The van der Waals surface area contributed by atoms with Crippen LogP contribution in [-0.4, -0.2) is 9.55 Å². The fraction of sp³-hybridized carbons (Fsp3) is 0.105. The van der Waals surface area contributed by atoms with Gasteiger partial charge in [-0.15, -0.1) is 0 Å². The molecule has 2 aromatic heterocycles. The Bertz CT molecular complexity index is 963. The Labute approximate surface area is 127 Å². The zero-order valence-corrected chi connectivity index (χ0v) is 12.0. The standard InChI is InChI=1S/C19H14N2O/c1-2-7-16-14(6-1)19-18(9-4-10-20-19)21(16)17-8-3-5-13-11-22-12-15(13)17/h1-10H,11-12H2. The van der Waals surface area contributed by atoms with Crippen LogP contribution in [0.4, 0.5) is 0 Å². The Morgan fingerprint density at radius 3 is 2.77 bits per heavy atom. The molecule has 2 aromatic carbocycles. The van der Waals surface area contributed by atoms with Crippen LogP contribution in [0.25, 0.3) is 27.6 Å². The van der Waals surface area contributed by atoms with E-state index in [1.165, 1.54) is 27.7 Å². The topological polar surface area (TPSA) is 27.1 Å². The van der Waals surface area contributed by atoms with Gasteiger partial charge in [-0.3, -0.25) is 4.98 Å². The Hall–Kier alpha value is -2.65. The normalized spacial score (nSPS) is 13.8. The maximum Gasteiger partial charge on any atom is 0.0963 e. The minimum absolute atomic E-state index is 0.680. The summed E-state index contributed by atoms with van der Waals surface area (Å²) >= 11 is 0. The molecule has 0 saturated heterocycles. The Balaban J connectivity index is 1.97. The lowest BCUT2D eigenvalue weighted by Crippen LogP contribution is -1.99. The van der Waals surface area contributed by atoms with E-state index in [-0.39, 0.29) is 0 Å². The van der Waals surface area contributed by atoms with Gasteiger partial charge in [-0.25, -0.2) is 0 Å². The summed E-state index contributed by atoms with van der Waals surface area (Å²) in [5, 5.41) is 1.19. The first-order valence-electron chi connectivity index (χ1n) is 7.46. The van der Waals surface area contributed by atoms with Crippen LogP contribution in [0, 0.1) is 0 Å². The second-order valence-electron chi connectivity index (χ2n) is 5.63. The minimum atomic E-state index is 0.680. The van der Waals surface area contributed by atoms with Crippen molar-refractivity contribution >= 4 is 21.9 Å². The molecule has 0 saturated carbocycles. The number of pyridine rings is 1. The highest BCUT2D eigenvalue weighted by molar-refractivity contribution is 6.07. The molecule has 0 radical (unpaired) electrons. The van der Waals surface area contributed by atoms with Crippen LogP contribution in [0.15, 0.2) is 60.8 Å². The van der Waals surface area contributed by atoms with Crippen molar-refractivity contribution in [3.05, 3.63) is 71.9 Å². The second kappa shape index (κ2) is 4.42.